The molecule has 3 rings (SSSR count). The summed E-state index contributed by atoms with van der Waals surface area (Å²) in [5, 5.41) is 3.06. The minimum Gasteiger partial charge on any atom is -0.326 e. The molecule has 0 spiro atoms. The molecule has 3 unspecified atom stereocenters. The van der Waals surface area contributed by atoms with Gasteiger partial charge in [-0.15, -0.1) is 0 Å². The number of hydrogen-bond donors (Lipinski definition) is 1. The Hall–Kier alpha value is -1.31. The fraction of sp³-hybridized carbons (Fsp3) is 0.588. The van der Waals surface area contributed by atoms with Gasteiger partial charge in [0.25, 0.3) is 0 Å². The molecule has 1 aromatic carbocycles. The number of nitrogens with one attached hydrogen (secondary N) is 1. The van der Waals surface area contributed by atoms with Gasteiger partial charge in [-0.2, -0.15) is 0 Å². The van der Waals surface area contributed by atoms with E-state index in [1.54, 1.807) is 0 Å². The lowest BCUT2D eigenvalue weighted by Gasteiger charge is -2.21. The van der Waals surface area contributed by atoms with Crippen molar-refractivity contribution < 1.29 is 4.79 Å². The summed E-state index contributed by atoms with van der Waals surface area (Å²) < 4.78 is 0. The number of aryl methyl sites for hydroxylation is 2. The van der Waals surface area contributed by atoms with E-state index in [-0.39, 0.29) is 5.91 Å². The Kier molecular flexibility index (Phi) is 3.34. The number of rotatable bonds is 3. The molecule has 2 bridgehead atoms. The Balaban J connectivity index is 1.57. The van der Waals surface area contributed by atoms with Crippen molar-refractivity contribution in [3.8, 4) is 0 Å². The lowest BCUT2D eigenvalue weighted by Crippen LogP contribution is -2.20. The maximum absolute atomic E-state index is 12.1. The molecular formula is C17H23NO. The van der Waals surface area contributed by atoms with Crippen molar-refractivity contribution in [1.29, 1.82) is 0 Å². The second-order valence-corrected chi connectivity index (χ2v) is 6.49. The lowest BCUT2D eigenvalue weighted by molar-refractivity contribution is -0.117. The van der Waals surface area contributed by atoms with Crippen LogP contribution in [-0.2, 0) is 4.79 Å². The lowest BCUT2D eigenvalue weighted by atomic mass is 9.86. The largest absolute Gasteiger partial charge is 0.326 e. The second kappa shape index (κ2) is 4.99. The summed E-state index contributed by atoms with van der Waals surface area (Å²) in [5.41, 5.74) is 3.44. The van der Waals surface area contributed by atoms with Gasteiger partial charge < -0.3 is 5.32 Å². The number of benzene rings is 1. The van der Waals surface area contributed by atoms with Crippen LogP contribution >= 0.6 is 0 Å². The molecule has 2 aliphatic carbocycles. The summed E-state index contributed by atoms with van der Waals surface area (Å²) >= 11 is 0. The third kappa shape index (κ3) is 2.68. The minimum absolute atomic E-state index is 0.195. The van der Waals surface area contributed by atoms with Crippen LogP contribution in [0.3, 0.4) is 0 Å². The van der Waals surface area contributed by atoms with Gasteiger partial charge in [-0.3, -0.25) is 4.79 Å². The molecule has 19 heavy (non-hydrogen) atoms. The number of amides is 1. The molecule has 3 atom stereocenters. The van der Waals surface area contributed by atoms with Gasteiger partial charge >= 0.3 is 0 Å². The average Bonchev–Trinajstić information content (AvgIpc) is 2.96. The smallest absolute Gasteiger partial charge is 0.224 e. The summed E-state index contributed by atoms with van der Waals surface area (Å²) in [6, 6.07) is 6.14. The SMILES string of the molecule is Cc1ccc(NC(=O)CC2CC3CCC2C3)cc1C. The zero-order valence-corrected chi connectivity index (χ0v) is 11.9. The fourth-order valence-electron chi connectivity index (χ4n) is 3.90. The Bertz CT molecular complexity index is 494. The second-order valence-electron chi connectivity index (χ2n) is 6.49. The average molecular weight is 257 g/mol. The Morgan fingerprint density at radius 2 is 2.05 bits per heavy atom. The Morgan fingerprint density at radius 1 is 1.21 bits per heavy atom. The third-order valence-electron chi connectivity index (χ3n) is 5.12. The zero-order valence-electron chi connectivity index (χ0n) is 11.9. The minimum atomic E-state index is 0.195. The van der Waals surface area contributed by atoms with Crippen LogP contribution in [0.15, 0.2) is 18.2 Å². The van der Waals surface area contributed by atoms with Gasteiger partial charge in [0.2, 0.25) is 5.91 Å². The molecule has 1 amide bonds. The first-order valence-electron chi connectivity index (χ1n) is 7.49. The molecule has 102 valence electrons. The first kappa shape index (κ1) is 12.7. The quantitative estimate of drug-likeness (QED) is 0.869. The fourth-order valence-corrected chi connectivity index (χ4v) is 3.90. The highest BCUT2D eigenvalue weighted by Crippen LogP contribution is 2.49. The van der Waals surface area contributed by atoms with Crippen molar-refractivity contribution >= 4 is 11.6 Å². The molecule has 2 aliphatic rings. The number of hydrogen-bond acceptors (Lipinski definition) is 1. The summed E-state index contributed by atoms with van der Waals surface area (Å²) in [7, 11) is 0. The van der Waals surface area contributed by atoms with Crippen molar-refractivity contribution in [2.24, 2.45) is 17.8 Å². The van der Waals surface area contributed by atoms with E-state index in [4.69, 9.17) is 0 Å². The number of anilines is 1. The molecule has 0 aliphatic heterocycles. The van der Waals surface area contributed by atoms with E-state index in [0.717, 1.165) is 17.5 Å². The van der Waals surface area contributed by atoms with E-state index < -0.39 is 0 Å². The molecule has 2 nitrogen and oxygen atoms in total. The first-order chi connectivity index (χ1) is 9.11. The van der Waals surface area contributed by atoms with Crippen molar-refractivity contribution in [2.75, 3.05) is 5.32 Å². The van der Waals surface area contributed by atoms with Crippen LogP contribution in [0, 0.1) is 31.6 Å². The topological polar surface area (TPSA) is 29.1 Å². The molecule has 1 N–H and O–H groups in total. The predicted molar refractivity (Wildman–Crippen MR) is 78.1 cm³/mol. The number of fused-ring (bicyclic) bond motifs is 2. The highest BCUT2D eigenvalue weighted by molar-refractivity contribution is 5.91. The zero-order chi connectivity index (χ0) is 13.4. The van der Waals surface area contributed by atoms with Crippen LogP contribution in [0.5, 0.6) is 0 Å². The third-order valence-corrected chi connectivity index (χ3v) is 5.12. The van der Waals surface area contributed by atoms with Crippen LogP contribution in [0.25, 0.3) is 0 Å². The van der Waals surface area contributed by atoms with E-state index >= 15 is 0 Å². The molecule has 0 aromatic heterocycles. The normalized spacial score (nSPS) is 28.6. The standard InChI is InChI=1S/C17H23NO/c1-11-3-6-16(7-12(11)2)18-17(19)10-15-9-13-4-5-14(15)8-13/h3,6-7,13-15H,4-5,8-10H2,1-2H3,(H,18,19). The van der Waals surface area contributed by atoms with Crippen molar-refractivity contribution in [3.05, 3.63) is 29.3 Å². The highest BCUT2D eigenvalue weighted by Gasteiger charge is 2.40. The summed E-state index contributed by atoms with van der Waals surface area (Å²) in [6.07, 6.45) is 6.13. The van der Waals surface area contributed by atoms with Crippen molar-refractivity contribution in [2.45, 2.75) is 46.0 Å². The van der Waals surface area contributed by atoms with Crippen LogP contribution < -0.4 is 5.32 Å². The van der Waals surface area contributed by atoms with E-state index in [1.165, 1.54) is 36.8 Å². The van der Waals surface area contributed by atoms with Gasteiger partial charge in [0.15, 0.2) is 0 Å². The monoisotopic (exact) mass is 257 g/mol. The van der Waals surface area contributed by atoms with Crippen molar-refractivity contribution in [1.82, 2.24) is 0 Å². The van der Waals surface area contributed by atoms with E-state index in [0.29, 0.717) is 12.3 Å². The maximum Gasteiger partial charge on any atom is 0.224 e. The molecule has 0 radical (unpaired) electrons. The van der Waals surface area contributed by atoms with Gasteiger partial charge in [0.05, 0.1) is 0 Å². The van der Waals surface area contributed by atoms with E-state index in [9.17, 15) is 4.79 Å². The predicted octanol–water partition coefficient (Wildman–Crippen LogP) is 4.07. The molecule has 2 heteroatoms. The number of carbonyl (C=O) groups is 1. The summed E-state index contributed by atoms with van der Waals surface area (Å²) in [4.78, 5) is 12.1. The Labute approximate surface area is 115 Å². The van der Waals surface area contributed by atoms with Gasteiger partial charge in [-0.1, -0.05) is 12.5 Å². The maximum atomic E-state index is 12.1. The molecule has 0 saturated heterocycles. The molecule has 1 aromatic rings. The van der Waals surface area contributed by atoms with Crippen LogP contribution in [0.4, 0.5) is 5.69 Å². The van der Waals surface area contributed by atoms with E-state index in [2.05, 4.69) is 31.3 Å². The highest BCUT2D eigenvalue weighted by atomic mass is 16.1. The molecule has 2 fully saturated rings. The first-order valence-corrected chi connectivity index (χ1v) is 7.49. The van der Waals surface area contributed by atoms with Crippen molar-refractivity contribution in [3.63, 3.8) is 0 Å². The van der Waals surface area contributed by atoms with E-state index in [1.807, 2.05) is 6.07 Å². The molecular weight excluding hydrogens is 234 g/mol. The molecule has 0 heterocycles. The summed E-state index contributed by atoms with van der Waals surface area (Å²) in [5.74, 6) is 2.59. The Morgan fingerprint density at radius 3 is 2.68 bits per heavy atom. The van der Waals surface area contributed by atoms with Crippen LogP contribution in [0.2, 0.25) is 0 Å². The van der Waals surface area contributed by atoms with Gasteiger partial charge in [0, 0.05) is 12.1 Å². The van der Waals surface area contributed by atoms with Gasteiger partial charge in [-0.25, -0.2) is 0 Å². The van der Waals surface area contributed by atoms with Crippen LogP contribution in [-0.4, -0.2) is 5.91 Å². The van der Waals surface area contributed by atoms with Gasteiger partial charge in [0.1, 0.15) is 0 Å². The van der Waals surface area contributed by atoms with Crippen LogP contribution in [0.1, 0.15) is 43.2 Å². The number of carbonyl (C=O) groups excluding carboxylic acids is 1. The van der Waals surface area contributed by atoms with Gasteiger partial charge in [-0.05, 0) is 74.1 Å². The summed E-state index contributed by atoms with van der Waals surface area (Å²) in [6.45, 7) is 4.18. The molecule has 2 saturated carbocycles.